The van der Waals surface area contributed by atoms with E-state index in [9.17, 15) is 9.90 Å². The molecule has 2 heterocycles. The van der Waals surface area contributed by atoms with Gasteiger partial charge in [0.15, 0.2) is 11.5 Å². The molecule has 2 N–H and O–H groups in total. The van der Waals surface area contributed by atoms with Gasteiger partial charge in [-0.15, -0.1) is 0 Å². The highest BCUT2D eigenvalue weighted by atomic mass is 35.5. The van der Waals surface area contributed by atoms with Crippen molar-refractivity contribution in [1.29, 1.82) is 0 Å². The highest BCUT2D eigenvalue weighted by Crippen LogP contribution is 2.36. The number of methoxy groups -OCH3 is 1. The van der Waals surface area contributed by atoms with E-state index in [0.717, 1.165) is 24.9 Å². The molecule has 0 aliphatic carbocycles. The van der Waals surface area contributed by atoms with E-state index in [1.54, 1.807) is 30.2 Å². The van der Waals surface area contributed by atoms with Crippen LogP contribution in [0.25, 0.3) is 0 Å². The first-order valence-electron chi connectivity index (χ1n) is 11.1. The van der Waals surface area contributed by atoms with Gasteiger partial charge in [-0.25, -0.2) is 0 Å². The Kier molecular flexibility index (Phi) is 7.80. The van der Waals surface area contributed by atoms with Gasteiger partial charge in [0.05, 0.1) is 13.7 Å². The molecule has 2 aromatic rings. The van der Waals surface area contributed by atoms with Crippen LogP contribution in [0.2, 0.25) is 5.02 Å². The van der Waals surface area contributed by atoms with Gasteiger partial charge in [0.1, 0.15) is 24.2 Å². The Bertz CT molecular complexity index is 972. The fourth-order valence-corrected chi connectivity index (χ4v) is 4.31. The Balaban J connectivity index is 1.22. The van der Waals surface area contributed by atoms with E-state index < -0.39 is 6.10 Å². The fraction of sp³-hybridized carbons (Fsp3) is 0.458. The number of aliphatic hydroxyl groups excluding tert-OH is 1. The molecule has 0 unspecified atom stereocenters. The van der Waals surface area contributed by atoms with Crippen LogP contribution >= 0.6 is 11.6 Å². The van der Waals surface area contributed by atoms with Gasteiger partial charge < -0.3 is 34.3 Å². The van der Waals surface area contributed by atoms with Crippen molar-refractivity contribution in [3.8, 4) is 23.0 Å². The lowest BCUT2D eigenvalue weighted by Crippen LogP contribution is -2.42. The molecule has 2 aromatic carbocycles. The maximum Gasteiger partial charge on any atom is 0.231 e. The van der Waals surface area contributed by atoms with Crippen LogP contribution in [-0.4, -0.2) is 61.7 Å². The van der Waals surface area contributed by atoms with E-state index in [2.05, 4.69) is 5.32 Å². The molecule has 0 aromatic heterocycles. The highest BCUT2D eigenvalue weighted by Gasteiger charge is 2.32. The molecular formula is C24H29ClN2O6. The number of carbonyl (C=O) groups is 1. The molecule has 0 spiro atoms. The van der Waals surface area contributed by atoms with Gasteiger partial charge in [-0.3, -0.25) is 4.79 Å². The lowest BCUT2D eigenvalue weighted by molar-refractivity contribution is -0.130. The van der Waals surface area contributed by atoms with Crippen molar-refractivity contribution >= 4 is 17.5 Å². The number of benzene rings is 2. The van der Waals surface area contributed by atoms with E-state index in [-0.39, 0.29) is 31.9 Å². The molecular weight excluding hydrogens is 448 g/mol. The zero-order chi connectivity index (χ0) is 23.2. The molecule has 1 saturated heterocycles. The van der Waals surface area contributed by atoms with Gasteiger partial charge in [-0.1, -0.05) is 17.7 Å². The number of likely N-dealkylation sites (tertiary alicyclic amines) is 1. The summed E-state index contributed by atoms with van der Waals surface area (Å²) in [5.74, 6) is 2.74. The first-order valence-corrected chi connectivity index (χ1v) is 11.4. The number of fused-ring (bicyclic) bond motifs is 1. The second-order valence-electron chi connectivity index (χ2n) is 8.14. The zero-order valence-corrected chi connectivity index (χ0v) is 19.3. The number of hydrogen-bond donors (Lipinski definition) is 2. The van der Waals surface area contributed by atoms with Crippen LogP contribution in [0.4, 0.5) is 0 Å². The molecule has 2 atom stereocenters. The van der Waals surface area contributed by atoms with Crippen LogP contribution in [0.15, 0.2) is 36.4 Å². The number of nitrogens with zero attached hydrogens (tertiary/aromatic N) is 1. The number of ether oxygens (including phenoxy) is 4. The first kappa shape index (κ1) is 23.5. The number of aliphatic hydroxyl groups is 1. The Morgan fingerprint density at radius 1 is 1.24 bits per heavy atom. The highest BCUT2D eigenvalue weighted by molar-refractivity contribution is 6.31. The van der Waals surface area contributed by atoms with E-state index in [0.29, 0.717) is 41.0 Å². The maximum absolute atomic E-state index is 12.4. The molecule has 0 bridgehead atoms. The van der Waals surface area contributed by atoms with Crippen molar-refractivity contribution in [2.45, 2.75) is 38.0 Å². The summed E-state index contributed by atoms with van der Waals surface area (Å²) in [6, 6.07) is 11.0. The van der Waals surface area contributed by atoms with Crippen LogP contribution < -0.4 is 24.3 Å². The minimum atomic E-state index is -0.777. The number of β-amino-alcohol motifs (C(OH)–C–C–N with tert-alkyl or cyclic N) is 1. The SMILES string of the molecule is COc1cccc(OC[C@@H](O)CN2C(=O)CC[C@@H]2CCNCc2cc3c(cc2Cl)OCO3)c1. The molecule has 8 nitrogen and oxygen atoms in total. The van der Waals surface area contributed by atoms with Gasteiger partial charge in [0.2, 0.25) is 12.7 Å². The molecule has 0 radical (unpaired) electrons. The van der Waals surface area contributed by atoms with Gasteiger partial charge in [-0.2, -0.15) is 0 Å². The van der Waals surface area contributed by atoms with Crippen LogP contribution in [0.3, 0.4) is 0 Å². The van der Waals surface area contributed by atoms with Gasteiger partial charge in [0.25, 0.3) is 0 Å². The van der Waals surface area contributed by atoms with E-state index in [4.69, 9.17) is 30.5 Å². The number of carbonyl (C=O) groups excluding carboxylic acids is 1. The summed E-state index contributed by atoms with van der Waals surface area (Å²) in [5, 5.41) is 14.5. The predicted molar refractivity (Wildman–Crippen MR) is 123 cm³/mol. The van der Waals surface area contributed by atoms with E-state index >= 15 is 0 Å². The number of amides is 1. The molecule has 1 amide bonds. The van der Waals surface area contributed by atoms with Crippen molar-refractivity contribution in [3.63, 3.8) is 0 Å². The third kappa shape index (κ3) is 6.01. The van der Waals surface area contributed by atoms with Crippen molar-refractivity contribution in [1.82, 2.24) is 10.2 Å². The van der Waals surface area contributed by atoms with Crippen molar-refractivity contribution in [3.05, 3.63) is 47.0 Å². The molecule has 178 valence electrons. The minimum Gasteiger partial charge on any atom is -0.497 e. The Morgan fingerprint density at radius 3 is 2.85 bits per heavy atom. The minimum absolute atomic E-state index is 0.0687. The number of nitrogens with one attached hydrogen (secondary N) is 1. The third-order valence-corrected chi connectivity index (χ3v) is 6.21. The standard InChI is InChI=1S/C24H29ClN2O6/c1-30-19-3-2-4-20(10-19)31-14-18(28)13-27-17(5-6-24(27)29)7-8-26-12-16-9-22-23(11-21(16)25)33-15-32-22/h2-4,9-11,17-18,26,28H,5-8,12-15H2,1H3/t17-,18+/m1/s1. The van der Waals surface area contributed by atoms with Crippen LogP contribution in [0.5, 0.6) is 23.0 Å². The molecule has 2 aliphatic heterocycles. The molecule has 4 rings (SSSR count). The Hall–Kier alpha value is -2.68. The summed E-state index contributed by atoms with van der Waals surface area (Å²) < 4.78 is 21.6. The number of hydrogen-bond acceptors (Lipinski definition) is 7. The topological polar surface area (TPSA) is 89.5 Å². The second kappa shape index (κ2) is 11.0. The smallest absolute Gasteiger partial charge is 0.231 e. The van der Waals surface area contributed by atoms with Crippen LogP contribution in [-0.2, 0) is 11.3 Å². The van der Waals surface area contributed by atoms with Crippen LogP contribution in [0, 0.1) is 0 Å². The average Bonchev–Trinajstić information content (AvgIpc) is 3.41. The molecule has 0 saturated carbocycles. The van der Waals surface area contributed by atoms with E-state index in [1.165, 1.54) is 0 Å². The fourth-order valence-electron chi connectivity index (χ4n) is 4.09. The second-order valence-corrected chi connectivity index (χ2v) is 8.55. The first-order chi connectivity index (χ1) is 16.0. The third-order valence-electron chi connectivity index (χ3n) is 5.85. The van der Waals surface area contributed by atoms with Gasteiger partial charge >= 0.3 is 0 Å². The van der Waals surface area contributed by atoms with Gasteiger partial charge in [0, 0.05) is 36.2 Å². The summed E-state index contributed by atoms with van der Waals surface area (Å²) >= 11 is 6.33. The summed E-state index contributed by atoms with van der Waals surface area (Å²) in [7, 11) is 1.59. The monoisotopic (exact) mass is 476 g/mol. The van der Waals surface area contributed by atoms with Crippen LogP contribution in [0.1, 0.15) is 24.8 Å². The number of rotatable bonds is 11. The maximum atomic E-state index is 12.4. The zero-order valence-electron chi connectivity index (χ0n) is 18.6. The molecule has 9 heteroatoms. The van der Waals surface area contributed by atoms with E-state index in [1.807, 2.05) is 18.2 Å². The lowest BCUT2D eigenvalue weighted by Gasteiger charge is -2.27. The molecule has 33 heavy (non-hydrogen) atoms. The summed E-state index contributed by atoms with van der Waals surface area (Å²) in [6.45, 7) is 1.87. The van der Waals surface area contributed by atoms with Crippen molar-refractivity contribution in [2.75, 3.05) is 33.6 Å². The molecule has 1 fully saturated rings. The summed E-state index contributed by atoms with van der Waals surface area (Å²) in [5.41, 5.74) is 0.936. The number of halogens is 1. The lowest BCUT2D eigenvalue weighted by atomic mass is 10.1. The summed E-state index contributed by atoms with van der Waals surface area (Å²) in [6.07, 6.45) is 1.30. The Morgan fingerprint density at radius 2 is 2.03 bits per heavy atom. The average molecular weight is 477 g/mol. The van der Waals surface area contributed by atoms with Crippen molar-refractivity contribution < 1.29 is 28.8 Å². The quantitative estimate of drug-likeness (QED) is 0.482. The predicted octanol–water partition coefficient (Wildman–Crippen LogP) is 2.99. The Labute approximate surface area is 198 Å². The largest absolute Gasteiger partial charge is 0.497 e. The molecule has 2 aliphatic rings. The summed E-state index contributed by atoms with van der Waals surface area (Å²) in [4.78, 5) is 14.2. The van der Waals surface area contributed by atoms with Crippen molar-refractivity contribution in [2.24, 2.45) is 0 Å². The normalized spacial score (nSPS) is 18.0. The van der Waals surface area contributed by atoms with Gasteiger partial charge in [-0.05, 0) is 43.1 Å².